The first kappa shape index (κ1) is 19.8. The lowest BCUT2D eigenvalue weighted by atomic mass is 9.94. The zero-order chi connectivity index (χ0) is 20.6. The molecule has 2 heterocycles. The molecular weight excluding hydrogens is 382 g/mol. The van der Waals surface area contributed by atoms with E-state index in [-0.39, 0.29) is 45.3 Å². The number of hydrogen-bond acceptors (Lipinski definition) is 7. The number of phenols is 1. The van der Waals surface area contributed by atoms with Crippen LogP contribution in [0.5, 0.6) is 5.75 Å². The fourth-order valence-electron chi connectivity index (χ4n) is 3.52. The van der Waals surface area contributed by atoms with Crippen LogP contribution in [0.25, 0.3) is 0 Å². The van der Waals surface area contributed by atoms with Crippen LogP contribution in [-0.2, 0) is 19.4 Å². The molecule has 0 aromatic heterocycles. The van der Waals surface area contributed by atoms with Crippen LogP contribution in [0.3, 0.4) is 0 Å². The van der Waals surface area contributed by atoms with Gasteiger partial charge >= 0.3 is 11.8 Å². The van der Waals surface area contributed by atoms with E-state index < -0.39 is 27.7 Å². The highest BCUT2D eigenvalue weighted by Gasteiger charge is 2.48. The molecule has 1 fully saturated rings. The number of aryl methyl sites for hydroxylation is 1. The number of nitriles is 1. The molecule has 0 radical (unpaired) electrons. The molecule has 0 bridgehead atoms. The van der Waals surface area contributed by atoms with Gasteiger partial charge in [0, 0.05) is 18.3 Å². The van der Waals surface area contributed by atoms with Gasteiger partial charge in [-0.2, -0.15) is 10.2 Å². The third-order valence-electron chi connectivity index (χ3n) is 5.07. The Balaban J connectivity index is 1.99. The first-order valence-electron chi connectivity index (χ1n) is 8.69. The average molecular weight is 402 g/mol. The highest BCUT2D eigenvalue weighted by Crippen LogP contribution is 2.23. The number of hydrogen-bond donors (Lipinski definition) is 3. The number of nitrogens with zero attached hydrogens (tertiary/aromatic N) is 1. The van der Waals surface area contributed by atoms with Gasteiger partial charge in [-0.1, -0.05) is 0 Å². The molecule has 2 aliphatic rings. The van der Waals surface area contributed by atoms with E-state index in [1.165, 1.54) is 19.2 Å². The van der Waals surface area contributed by atoms with Crippen LogP contribution in [-0.4, -0.2) is 42.9 Å². The number of carbonyl (C=O) groups excluding carboxylic acids is 2. The van der Waals surface area contributed by atoms with Crippen molar-refractivity contribution in [3.63, 3.8) is 0 Å². The van der Waals surface area contributed by atoms with Gasteiger partial charge in [-0.05, 0) is 43.2 Å². The highest BCUT2D eigenvalue weighted by atomic mass is 32.2. The molecule has 3 rings (SSSR count). The molecule has 8 nitrogen and oxygen atoms in total. The predicted molar refractivity (Wildman–Crippen MR) is 101 cm³/mol. The normalized spacial score (nSPS) is 25.8. The van der Waals surface area contributed by atoms with Crippen molar-refractivity contribution in [2.24, 2.45) is 0 Å². The Morgan fingerprint density at radius 2 is 2.00 bits per heavy atom. The fourth-order valence-corrected chi connectivity index (χ4v) is 5.28. The monoisotopic (exact) mass is 402 g/mol. The quantitative estimate of drug-likeness (QED) is 0.368. The molecule has 28 heavy (non-hydrogen) atoms. The second kappa shape index (κ2) is 7.22. The number of quaternary nitrogens is 1. The molecule has 1 aromatic rings. The first-order valence-corrected chi connectivity index (χ1v) is 10.5. The summed E-state index contributed by atoms with van der Waals surface area (Å²) >= 11 is 0. The van der Waals surface area contributed by atoms with E-state index in [0.29, 0.717) is 5.69 Å². The van der Waals surface area contributed by atoms with Crippen LogP contribution in [0.2, 0.25) is 0 Å². The van der Waals surface area contributed by atoms with Crippen LogP contribution in [0, 0.1) is 18.3 Å². The van der Waals surface area contributed by atoms with E-state index in [1.54, 1.807) is 19.1 Å². The summed E-state index contributed by atoms with van der Waals surface area (Å²) in [5.74, 6) is -1.44. The Labute approximate surface area is 162 Å². The van der Waals surface area contributed by atoms with Gasteiger partial charge in [0.2, 0.25) is 0 Å². The Kier molecular flexibility index (Phi) is 5.10. The lowest BCUT2D eigenvalue weighted by Crippen LogP contribution is -3.21. The highest BCUT2D eigenvalue weighted by molar-refractivity contribution is 7.91. The van der Waals surface area contributed by atoms with Gasteiger partial charge in [0.25, 0.3) is 0 Å². The maximum atomic E-state index is 13.0. The molecule has 0 saturated carbocycles. The van der Waals surface area contributed by atoms with E-state index in [9.17, 15) is 28.4 Å². The smallest absolute Gasteiger partial charge is 0.363 e. The van der Waals surface area contributed by atoms with E-state index in [0.717, 1.165) is 5.56 Å². The number of amides is 2. The third-order valence-corrected chi connectivity index (χ3v) is 6.84. The number of anilines is 1. The minimum absolute atomic E-state index is 0.0731. The number of benzene rings is 1. The van der Waals surface area contributed by atoms with Crippen molar-refractivity contribution in [1.82, 2.24) is 0 Å². The van der Waals surface area contributed by atoms with Gasteiger partial charge in [0.05, 0.1) is 5.75 Å². The van der Waals surface area contributed by atoms with Crippen molar-refractivity contribution in [3.05, 3.63) is 46.7 Å². The van der Waals surface area contributed by atoms with Gasteiger partial charge in [0.15, 0.2) is 15.4 Å². The molecule has 1 unspecified atom stereocenters. The number of rotatable bonds is 3. The van der Waals surface area contributed by atoms with Crippen LogP contribution in [0.4, 0.5) is 5.69 Å². The maximum Gasteiger partial charge on any atom is 0.363 e. The van der Waals surface area contributed by atoms with E-state index in [4.69, 9.17) is 0 Å². The van der Waals surface area contributed by atoms with Crippen molar-refractivity contribution < 1.29 is 28.0 Å². The second-order valence-corrected chi connectivity index (χ2v) is 9.21. The summed E-state index contributed by atoms with van der Waals surface area (Å²) in [4.78, 5) is 25.6. The number of nitrogens with one attached hydrogen (secondary N) is 2. The molecule has 3 N–H and O–H groups in total. The maximum absolute atomic E-state index is 13.0. The Bertz CT molecular complexity index is 1080. The Hall–Kier alpha value is -2.96. The predicted octanol–water partition coefficient (Wildman–Crippen LogP) is -0.0247. The topological polar surface area (TPSA) is 129 Å². The molecule has 0 aliphatic carbocycles. The Morgan fingerprint density at radius 1 is 1.29 bits per heavy atom. The SMILES string of the molecule is CC1=C(C#N)C(=O)[NH+]([C@@H]2CCS(=O)(=O)C2)C(=O)/C1=C\Nc1ccc(O)cc1C. The summed E-state index contributed by atoms with van der Waals surface area (Å²) in [6.07, 6.45) is 1.62. The Morgan fingerprint density at radius 3 is 2.57 bits per heavy atom. The van der Waals surface area contributed by atoms with E-state index >= 15 is 0 Å². The van der Waals surface area contributed by atoms with E-state index in [1.807, 2.05) is 6.07 Å². The zero-order valence-electron chi connectivity index (χ0n) is 15.4. The number of sulfone groups is 1. The molecule has 2 aliphatic heterocycles. The lowest BCUT2D eigenvalue weighted by molar-refractivity contribution is -0.761. The van der Waals surface area contributed by atoms with Crippen molar-refractivity contribution in [3.8, 4) is 11.8 Å². The summed E-state index contributed by atoms with van der Waals surface area (Å²) in [6, 6.07) is 5.84. The average Bonchev–Trinajstić information content (AvgIpc) is 2.96. The molecule has 2 atom stereocenters. The summed E-state index contributed by atoms with van der Waals surface area (Å²) in [6.45, 7) is 3.30. The molecule has 1 aromatic carbocycles. The van der Waals surface area contributed by atoms with Crippen molar-refractivity contribution in [2.45, 2.75) is 26.3 Å². The number of carbonyl (C=O) groups is 2. The molecule has 9 heteroatoms. The van der Waals surface area contributed by atoms with Crippen LogP contribution in [0.1, 0.15) is 18.9 Å². The first-order chi connectivity index (χ1) is 13.1. The number of aromatic hydroxyl groups is 1. The molecule has 0 spiro atoms. The molecule has 1 saturated heterocycles. The van der Waals surface area contributed by atoms with Gasteiger partial charge in [-0.25, -0.2) is 18.0 Å². The van der Waals surface area contributed by atoms with Crippen molar-refractivity contribution in [2.75, 3.05) is 16.8 Å². The van der Waals surface area contributed by atoms with Crippen LogP contribution >= 0.6 is 0 Å². The summed E-state index contributed by atoms with van der Waals surface area (Å²) in [5.41, 5.74) is 1.65. The zero-order valence-corrected chi connectivity index (χ0v) is 16.3. The van der Waals surface area contributed by atoms with Crippen molar-refractivity contribution in [1.29, 1.82) is 5.26 Å². The largest absolute Gasteiger partial charge is 0.508 e. The lowest BCUT2D eigenvalue weighted by Gasteiger charge is -2.25. The number of phenolic OH excluding ortho intramolecular Hbond substituents is 1. The van der Waals surface area contributed by atoms with Gasteiger partial charge < -0.3 is 10.4 Å². The molecular formula is C19H20N3O5S+. The van der Waals surface area contributed by atoms with Crippen LogP contribution in [0.15, 0.2) is 41.1 Å². The molecule has 2 amide bonds. The van der Waals surface area contributed by atoms with Gasteiger partial charge in [-0.3, -0.25) is 0 Å². The summed E-state index contributed by atoms with van der Waals surface area (Å²) in [5, 5.41) is 21.9. The summed E-state index contributed by atoms with van der Waals surface area (Å²) < 4.78 is 23.6. The third kappa shape index (κ3) is 3.56. The number of imide groups is 1. The summed E-state index contributed by atoms with van der Waals surface area (Å²) in [7, 11) is -3.29. The van der Waals surface area contributed by atoms with E-state index in [2.05, 4.69) is 5.32 Å². The molecule has 146 valence electrons. The fraction of sp³-hybridized carbons (Fsp3) is 0.316. The van der Waals surface area contributed by atoms with Gasteiger partial charge in [0.1, 0.15) is 29.2 Å². The standard InChI is InChI=1S/C19H19N3O5S/c1-11-7-14(23)3-4-17(11)21-9-16-12(2)15(8-20)18(24)22(19(16)25)13-5-6-28(26,27)10-13/h3-4,7,9,13,21,23H,5-6,10H2,1-2H3/p+1/b16-9-/t13-/m1/s1. The minimum atomic E-state index is -3.29. The second-order valence-electron chi connectivity index (χ2n) is 6.99. The van der Waals surface area contributed by atoms with Crippen LogP contribution < -0.4 is 10.2 Å². The minimum Gasteiger partial charge on any atom is -0.508 e. The van der Waals surface area contributed by atoms with Gasteiger partial charge in [-0.15, -0.1) is 0 Å². The van der Waals surface area contributed by atoms with Crippen molar-refractivity contribution >= 4 is 27.3 Å².